The summed E-state index contributed by atoms with van der Waals surface area (Å²) in [5.74, 6) is 6.35. The maximum absolute atomic E-state index is 5.93. The van der Waals surface area contributed by atoms with Crippen LogP contribution in [0.4, 0.5) is 0 Å². The summed E-state index contributed by atoms with van der Waals surface area (Å²) in [5.41, 5.74) is 3.78. The Morgan fingerprint density at radius 2 is 2.30 bits per heavy atom. The van der Waals surface area contributed by atoms with Gasteiger partial charge in [-0.2, -0.15) is 5.10 Å². The lowest BCUT2D eigenvalue weighted by Gasteiger charge is -2.18. The van der Waals surface area contributed by atoms with Crippen LogP contribution in [0.15, 0.2) is 36.5 Å². The zero-order chi connectivity index (χ0) is 14.4. The molecule has 1 heterocycles. The Balaban J connectivity index is 2.03. The molecule has 20 heavy (non-hydrogen) atoms. The second-order valence-corrected chi connectivity index (χ2v) is 4.90. The number of ether oxygens (including phenoxy) is 1. The number of halogens is 1. The van der Waals surface area contributed by atoms with Gasteiger partial charge < -0.3 is 4.74 Å². The van der Waals surface area contributed by atoms with Crippen molar-refractivity contribution in [1.29, 1.82) is 0 Å². The summed E-state index contributed by atoms with van der Waals surface area (Å²) in [6.07, 6.45) is 2.79. The van der Waals surface area contributed by atoms with Crippen molar-refractivity contribution in [1.82, 2.24) is 15.2 Å². The zero-order valence-electron chi connectivity index (χ0n) is 11.4. The van der Waals surface area contributed by atoms with Gasteiger partial charge in [0.1, 0.15) is 12.4 Å². The molecule has 0 amide bonds. The SMILES string of the molecule is CCCn1nccc1C(COc1cccc(Cl)c1)NN. The molecule has 3 N–H and O–H groups in total. The largest absolute Gasteiger partial charge is 0.491 e. The Hall–Kier alpha value is -1.56. The highest BCUT2D eigenvalue weighted by Gasteiger charge is 2.15. The molecule has 1 unspecified atom stereocenters. The normalized spacial score (nSPS) is 12.3. The summed E-state index contributed by atoms with van der Waals surface area (Å²) in [6, 6.07) is 9.12. The van der Waals surface area contributed by atoms with E-state index < -0.39 is 0 Å². The van der Waals surface area contributed by atoms with Crippen molar-refractivity contribution < 1.29 is 4.74 Å². The van der Waals surface area contributed by atoms with Crippen molar-refractivity contribution >= 4 is 11.6 Å². The first-order valence-corrected chi connectivity index (χ1v) is 6.98. The molecule has 2 aromatic rings. The van der Waals surface area contributed by atoms with E-state index in [0.29, 0.717) is 11.6 Å². The molecule has 5 nitrogen and oxygen atoms in total. The minimum atomic E-state index is -0.122. The highest BCUT2D eigenvalue weighted by atomic mass is 35.5. The van der Waals surface area contributed by atoms with Crippen LogP contribution in [0.5, 0.6) is 5.75 Å². The average Bonchev–Trinajstić information content (AvgIpc) is 2.89. The molecule has 1 aromatic heterocycles. The number of hydrogen-bond acceptors (Lipinski definition) is 4. The van der Waals surface area contributed by atoms with Gasteiger partial charge in [0.05, 0.1) is 11.7 Å². The fourth-order valence-electron chi connectivity index (χ4n) is 1.99. The molecule has 6 heteroatoms. The van der Waals surface area contributed by atoms with Crippen molar-refractivity contribution in [2.24, 2.45) is 5.84 Å². The molecule has 0 fully saturated rings. The summed E-state index contributed by atoms with van der Waals surface area (Å²) >= 11 is 5.93. The van der Waals surface area contributed by atoms with Crippen LogP contribution in [0.1, 0.15) is 25.1 Å². The molecular weight excluding hydrogens is 276 g/mol. The smallest absolute Gasteiger partial charge is 0.120 e. The first-order chi connectivity index (χ1) is 9.74. The minimum Gasteiger partial charge on any atom is -0.491 e. The lowest BCUT2D eigenvalue weighted by Crippen LogP contribution is -2.34. The number of hydrogen-bond donors (Lipinski definition) is 2. The third-order valence-corrected chi connectivity index (χ3v) is 3.19. The van der Waals surface area contributed by atoms with Crippen molar-refractivity contribution in [2.75, 3.05) is 6.61 Å². The van der Waals surface area contributed by atoms with E-state index in [1.165, 1.54) is 0 Å². The molecule has 0 aliphatic heterocycles. The van der Waals surface area contributed by atoms with Gasteiger partial charge in [-0.1, -0.05) is 24.6 Å². The fourth-order valence-corrected chi connectivity index (χ4v) is 2.17. The maximum atomic E-state index is 5.93. The summed E-state index contributed by atoms with van der Waals surface area (Å²) in [4.78, 5) is 0. The average molecular weight is 295 g/mol. The summed E-state index contributed by atoms with van der Waals surface area (Å²) in [7, 11) is 0. The van der Waals surface area contributed by atoms with E-state index in [9.17, 15) is 0 Å². The van der Waals surface area contributed by atoms with Crippen molar-refractivity contribution in [3.63, 3.8) is 0 Å². The van der Waals surface area contributed by atoms with E-state index >= 15 is 0 Å². The van der Waals surface area contributed by atoms with Gasteiger partial charge in [0, 0.05) is 17.8 Å². The summed E-state index contributed by atoms with van der Waals surface area (Å²) in [6.45, 7) is 3.38. The lowest BCUT2D eigenvalue weighted by molar-refractivity contribution is 0.259. The van der Waals surface area contributed by atoms with Crippen molar-refractivity contribution in [3.8, 4) is 5.75 Å². The quantitative estimate of drug-likeness (QED) is 0.608. The Morgan fingerprint density at radius 3 is 3.00 bits per heavy atom. The molecule has 1 atom stereocenters. The number of benzene rings is 1. The van der Waals surface area contributed by atoms with Gasteiger partial charge in [0.15, 0.2) is 0 Å². The monoisotopic (exact) mass is 294 g/mol. The van der Waals surface area contributed by atoms with Gasteiger partial charge in [0.25, 0.3) is 0 Å². The van der Waals surface area contributed by atoms with Crippen LogP contribution < -0.4 is 16.0 Å². The lowest BCUT2D eigenvalue weighted by atomic mass is 10.2. The van der Waals surface area contributed by atoms with Crippen molar-refractivity contribution in [2.45, 2.75) is 25.9 Å². The fraction of sp³-hybridized carbons (Fsp3) is 0.357. The predicted molar refractivity (Wildman–Crippen MR) is 79.5 cm³/mol. The molecule has 0 spiro atoms. The first-order valence-electron chi connectivity index (χ1n) is 6.60. The Bertz CT molecular complexity index is 543. The van der Waals surface area contributed by atoms with Crippen LogP contribution >= 0.6 is 11.6 Å². The van der Waals surface area contributed by atoms with Crippen LogP contribution in [-0.2, 0) is 6.54 Å². The number of rotatable bonds is 7. The topological polar surface area (TPSA) is 65.1 Å². The predicted octanol–water partition coefficient (Wildman–Crippen LogP) is 2.53. The number of nitrogens with one attached hydrogen (secondary N) is 1. The van der Waals surface area contributed by atoms with Gasteiger partial charge in [-0.15, -0.1) is 0 Å². The molecular formula is C14H19ClN4O. The van der Waals surface area contributed by atoms with Crippen LogP contribution in [0.2, 0.25) is 5.02 Å². The molecule has 0 aliphatic rings. The van der Waals surface area contributed by atoms with Crippen LogP contribution in [0.25, 0.3) is 0 Å². The number of hydrazine groups is 1. The highest BCUT2D eigenvalue weighted by Crippen LogP contribution is 2.19. The van der Waals surface area contributed by atoms with E-state index in [2.05, 4.69) is 17.4 Å². The van der Waals surface area contributed by atoms with E-state index in [0.717, 1.165) is 24.4 Å². The van der Waals surface area contributed by atoms with E-state index in [1.54, 1.807) is 12.3 Å². The van der Waals surface area contributed by atoms with Crippen molar-refractivity contribution in [3.05, 3.63) is 47.2 Å². The van der Waals surface area contributed by atoms with Gasteiger partial charge in [-0.25, -0.2) is 5.43 Å². The highest BCUT2D eigenvalue weighted by molar-refractivity contribution is 6.30. The van der Waals surface area contributed by atoms with Gasteiger partial charge in [-0.3, -0.25) is 10.5 Å². The van der Waals surface area contributed by atoms with E-state index in [4.69, 9.17) is 22.2 Å². The Labute approximate surface area is 123 Å². The number of aromatic nitrogens is 2. The minimum absolute atomic E-state index is 0.122. The van der Waals surface area contributed by atoms with Gasteiger partial charge in [-0.05, 0) is 30.7 Å². The first kappa shape index (κ1) is 14.8. The van der Waals surface area contributed by atoms with Crippen LogP contribution in [0, 0.1) is 0 Å². The second kappa shape index (κ2) is 7.28. The molecule has 1 aromatic carbocycles. The number of nitrogens with two attached hydrogens (primary N) is 1. The number of aryl methyl sites for hydroxylation is 1. The Morgan fingerprint density at radius 1 is 1.45 bits per heavy atom. The van der Waals surface area contributed by atoms with Gasteiger partial charge in [0.2, 0.25) is 0 Å². The molecule has 0 aliphatic carbocycles. The summed E-state index contributed by atoms with van der Waals surface area (Å²) in [5, 5.41) is 4.94. The molecule has 0 bridgehead atoms. The van der Waals surface area contributed by atoms with E-state index in [1.807, 2.05) is 28.9 Å². The second-order valence-electron chi connectivity index (χ2n) is 4.47. The molecule has 0 saturated carbocycles. The summed E-state index contributed by atoms with van der Waals surface area (Å²) < 4.78 is 7.67. The molecule has 2 rings (SSSR count). The van der Waals surface area contributed by atoms with Crippen LogP contribution in [-0.4, -0.2) is 16.4 Å². The van der Waals surface area contributed by atoms with Crippen LogP contribution in [0.3, 0.4) is 0 Å². The van der Waals surface area contributed by atoms with Gasteiger partial charge >= 0.3 is 0 Å². The molecule has 0 radical (unpaired) electrons. The Kier molecular flexibility index (Phi) is 5.40. The standard InChI is InChI=1S/C14H19ClN4O/c1-2-8-19-14(6-7-17-19)13(18-16)10-20-12-5-3-4-11(15)9-12/h3-7,9,13,18H,2,8,10,16H2,1H3. The number of nitrogens with zero attached hydrogens (tertiary/aromatic N) is 2. The zero-order valence-corrected chi connectivity index (χ0v) is 12.2. The maximum Gasteiger partial charge on any atom is 0.120 e. The third-order valence-electron chi connectivity index (χ3n) is 2.96. The molecule has 108 valence electrons. The third kappa shape index (κ3) is 3.72. The van der Waals surface area contributed by atoms with E-state index in [-0.39, 0.29) is 6.04 Å². The molecule has 0 saturated heterocycles.